The third-order valence-corrected chi connectivity index (χ3v) is 7.97. The molecule has 0 saturated carbocycles. The van der Waals surface area contributed by atoms with Crippen LogP contribution in [0, 0.1) is 17.5 Å². The molecule has 0 saturated heterocycles. The van der Waals surface area contributed by atoms with Crippen LogP contribution < -0.4 is 20.9 Å². The van der Waals surface area contributed by atoms with Gasteiger partial charge in [0.25, 0.3) is 0 Å². The first-order valence-corrected chi connectivity index (χ1v) is 13.5. The van der Waals surface area contributed by atoms with E-state index in [-0.39, 0.29) is 45.2 Å². The molecular weight excluding hydrogens is 612 g/mol. The van der Waals surface area contributed by atoms with Gasteiger partial charge < -0.3 is 16.0 Å². The predicted octanol–water partition coefficient (Wildman–Crippen LogP) is 7.71. The normalized spacial score (nSPS) is 15.8. The van der Waals surface area contributed by atoms with E-state index < -0.39 is 41.3 Å². The van der Waals surface area contributed by atoms with Crippen molar-refractivity contribution in [1.29, 1.82) is 0 Å². The number of benzene rings is 3. The summed E-state index contributed by atoms with van der Waals surface area (Å²) in [6.45, 7) is 0.244. The predicted molar refractivity (Wildman–Crippen MR) is 151 cm³/mol. The summed E-state index contributed by atoms with van der Waals surface area (Å²) in [5.74, 6) is -2.64. The molecular formula is C29H18ClF6N7O. The van der Waals surface area contributed by atoms with Gasteiger partial charge in [0.2, 0.25) is 0 Å². The molecule has 4 N–H and O–H groups in total. The lowest BCUT2D eigenvalue weighted by Gasteiger charge is -2.35. The molecule has 2 aliphatic heterocycles. The van der Waals surface area contributed by atoms with Crippen LogP contribution in [0.2, 0.25) is 5.02 Å². The van der Waals surface area contributed by atoms with E-state index in [2.05, 4.69) is 31.1 Å². The number of aromatic nitrogens is 3. The fourth-order valence-electron chi connectivity index (χ4n) is 5.78. The summed E-state index contributed by atoms with van der Waals surface area (Å²) in [6.07, 6.45) is -2.39. The molecule has 0 spiro atoms. The second-order valence-corrected chi connectivity index (χ2v) is 10.6. The Hall–Kier alpha value is -4.98. The molecule has 0 fully saturated rings. The van der Waals surface area contributed by atoms with Gasteiger partial charge in [0.05, 0.1) is 23.5 Å². The minimum Gasteiger partial charge on any atom is -0.339 e. The van der Waals surface area contributed by atoms with E-state index in [0.717, 1.165) is 30.6 Å². The zero-order chi connectivity index (χ0) is 30.9. The van der Waals surface area contributed by atoms with Gasteiger partial charge in [0.15, 0.2) is 11.6 Å². The molecule has 2 aromatic heterocycles. The maximum Gasteiger partial charge on any atom is 0.417 e. The SMILES string of the molecule is O=C1NC(c2cc(F)ccc2Cl)c2c(Nc3nccc4c(C(F)(F)F)cc(F)cc34)cc(Nc3[nH]ncc3F)c3c2N1CC3. The summed E-state index contributed by atoms with van der Waals surface area (Å²) >= 11 is 6.47. The molecule has 1 unspecified atom stereocenters. The largest absolute Gasteiger partial charge is 0.417 e. The third kappa shape index (κ3) is 4.53. The Morgan fingerprint density at radius 1 is 0.977 bits per heavy atom. The number of hydrogen-bond donors (Lipinski definition) is 4. The van der Waals surface area contributed by atoms with Crippen molar-refractivity contribution in [3.05, 3.63) is 99.6 Å². The molecule has 7 rings (SSSR count). The topological polar surface area (TPSA) is 98.0 Å². The quantitative estimate of drug-likeness (QED) is 0.149. The first kappa shape index (κ1) is 27.8. The molecule has 224 valence electrons. The highest BCUT2D eigenvalue weighted by molar-refractivity contribution is 6.31. The highest BCUT2D eigenvalue weighted by Gasteiger charge is 2.41. The monoisotopic (exact) mass is 629 g/mol. The van der Waals surface area contributed by atoms with Gasteiger partial charge in [-0.05, 0) is 54.3 Å². The number of carbonyl (C=O) groups is 1. The van der Waals surface area contributed by atoms with E-state index in [1.165, 1.54) is 17.0 Å². The number of carbonyl (C=O) groups excluding carboxylic acids is 1. The molecule has 2 amide bonds. The van der Waals surface area contributed by atoms with E-state index in [1.54, 1.807) is 6.07 Å². The van der Waals surface area contributed by atoms with E-state index in [9.17, 15) is 31.1 Å². The summed E-state index contributed by atoms with van der Waals surface area (Å²) in [5.41, 5.74) is 0.990. The number of urea groups is 1. The molecule has 0 aliphatic carbocycles. The number of halogens is 7. The lowest BCUT2D eigenvalue weighted by Crippen LogP contribution is -2.46. The Balaban J connectivity index is 1.48. The van der Waals surface area contributed by atoms with Gasteiger partial charge >= 0.3 is 12.2 Å². The third-order valence-electron chi connectivity index (χ3n) is 7.63. The molecule has 44 heavy (non-hydrogen) atoms. The van der Waals surface area contributed by atoms with Gasteiger partial charge in [-0.2, -0.15) is 18.3 Å². The maximum atomic E-state index is 14.5. The number of aromatic amines is 1. The number of nitrogens with one attached hydrogen (secondary N) is 4. The number of pyridine rings is 1. The van der Waals surface area contributed by atoms with E-state index in [4.69, 9.17) is 11.6 Å². The summed E-state index contributed by atoms with van der Waals surface area (Å²) in [7, 11) is 0. The van der Waals surface area contributed by atoms with Crippen molar-refractivity contribution in [2.75, 3.05) is 22.1 Å². The second-order valence-electron chi connectivity index (χ2n) is 10.2. The Morgan fingerprint density at radius 2 is 1.80 bits per heavy atom. The van der Waals surface area contributed by atoms with Crippen molar-refractivity contribution in [1.82, 2.24) is 20.5 Å². The fraction of sp³-hybridized carbons (Fsp3) is 0.138. The molecule has 0 radical (unpaired) electrons. The number of alkyl halides is 3. The maximum absolute atomic E-state index is 14.5. The molecule has 3 aromatic carbocycles. The van der Waals surface area contributed by atoms with Crippen LogP contribution in [0.5, 0.6) is 0 Å². The van der Waals surface area contributed by atoms with Crippen LogP contribution in [-0.4, -0.2) is 27.8 Å². The van der Waals surface area contributed by atoms with Gasteiger partial charge in [-0.25, -0.2) is 22.9 Å². The van der Waals surface area contributed by atoms with Gasteiger partial charge in [0.1, 0.15) is 17.5 Å². The average molecular weight is 630 g/mol. The number of nitrogens with zero attached hydrogens (tertiary/aromatic N) is 3. The van der Waals surface area contributed by atoms with Crippen molar-refractivity contribution in [2.45, 2.75) is 18.6 Å². The number of rotatable bonds is 5. The first-order valence-electron chi connectivity index (χ1n) is 13.1. The molecule has 15 heteroatoms. The lowest BCUT2D eigenvalue weighted by atomic mass is 9.90. The first-order chi connectivity index (χ1) is 21.0. The summed E-state index contributed by atoms with van der Waals surface area (Å²) < 4.78 is 84.9. The van der Waals surface area contributed by atoms with Crippen LogP contribution in [0.1, 0.15) is 28.3 Å². The van der Waals surface area contributed by atoms with Gasteiger partial charge in [-0.1, -0.05) is 11.6 Å². The van der Waals surface area contributed by atoms with Crippen LogP contribution in [-0.2, 0) is 12.6 Å². The molecule has 5 aromatic rings. The minimum absolute atomic E-state index is 0.0734. The van der Waals surface area contributed by atoms with Crippen LogP contribution in [0.3, 0.4) is 0 Å². The Kier molecular flexibility index (Phi) is 6.35. The van der Waals surface area contributed by atoms with Crippen molar-refractivity contribution >= 4 is 57.1 Å². The van der Waals surface area contributed by atoms with Crippen LogP contribution in [0.4, 0.5) is 59.8 Å². The standard InChI is InChI=1S/C29H18ClF6N7O/c30-19-2-1-12(31)7-17(19)24-23-22(40-26-16-8-13(32)9-18(29(34,35)36)14(16)3-5-37-26)10-21(39-27-20(33)11-38-42-27)15-4-6-43(25(15)23)28(44)41-24/h1-3,5,7-11,24H,4,6H2,(H,37,40)(H,41,44)(H2,38,39,42). The highest BCUT2D eigenvalue weighted by atomic mass is 35.5. The zero-order valence-corrected chi connectivity index (χ0v) is 22.8. The molecule has 8 nitrogen and oxygen atoms in total. The zero-order valence-electron chi connectivity index (χ0n) is 22.1. The van der Waals surface area contributed by atoms with Crippen molar-refractivity contribution in [3.63, 3.8) is 0 Å². The Bertz CT molecular complexity index is 2000. The number of fused-ring (bicyclic) bond motifs is 1. The van der Waals surface area contributed by atoms with Crippen molar-refractivity contribution in [2.24, 2.45) is 0 Å². The highest BCUT2D eigenvalue weighted by Crippen LogP contribution is 2.50. The summed E-state index contributed by atoms with van der Waals surface area (Å²) in [6, 6.07) is 6.15. The number of H-pyrrole nitrogens is 1. The molecule has 4 heterocycles. The minimum atomic E-state index is -4.85. The number of amides is 2. The van der Waals surface area contributed by atoms with E-state index in [1.807, 2.05) is 0 Å². The van der Waals surface area contributed by atoms with Crippen LogP contribution in [0.25, 0.3) is 10.8 Å². The Morgan fingerprint density at radius 3 is 2.55 bits per heavy atom. The van der Waals surface area contributed by atoms with Gasteiger partial charge in [-0.3, -0.25) is 10.00 Å². The smallest absolute Gasteiger partial charge is 0.339 e. The lowest BCUT2D eigenvalue weighted by molar-refractivity contribution is -0.136. The van der Waals surface area contributed by atoms with Crippen LogP contribution in [0.15, 0.2) is 54.9 Å². The second kappa shape index (κ2) is 10.0. The van der Waals surface area contributed by atoms with E-state index >= 15 is 0 Å². The molecule has 0 bridgehead atoms. The average Bonchev–Trinajstić information content (AvgIpc) is 3.60. The molecule has 1 atom stereocenters. The summed E-state index contributed by atoms with van der Waals surface area (Å²) in [5, 5.41) is 14.6. The number of anilines is 5. The fourth-order valence-corrected chi connectivity index (χ4v) is 6.01. The number of hydrogen-bond acceptors (Lipinski definition) is 5. The van der Waals surface area contributed by atoms with Crippen LogP contribution >= 0.6 is 11.6 Å². The molecule has 2 aliphatic rings. The van der Waals surface area contributed by atoms with Crippen molar-refractivity contribution < 1.29 is 31.1 Å². The van der Waals surface area contributed by atoms with E-state index in [0.29, 0.717) is 35.0 Å². The van der Waals surface area contributed by atoms with Gasteiger partial charge in [0, 0.05) is 51.2 Å². The summed E-state index contributed by atoms with van der Waals surface area (Å²) in [4.78, 5) is 19.0. The van der Waals surface area contributed by atoms with Gasteiger partial charge in [-0.15, -0.1) is 0 Å². The van der Waals surface area contributed by atoms with Crippen molar-refractivity contribution in [3.8, 4) is 0 Å². The Labute approximate surface area is 249 Å².